The predicted molar refractivity (Wildman–Crippen MR) is 54.7 cm³/mol. The maximum absolute atomic E-state index is 13.5. The highest BCUT2D eigenvalue weighted by Crippen LogP contribution is 2.45. The molecule has 1 aromatic carbocycles. The number of alkyl halides is 1. The normalized spacial score (nSPS) is 27.2. The summed E-state index contributed by atoms with van der Waals surface area (Å²) < 4.78 is 18.3. The number of aldehydes is 1. The Morgan fingerprint density at radius 2 is 2.19 bits per heavy atom. The van der Waals surface area contributed by atoms with E-state index < -0.39 is 17.6 Å². The molecule has 16 heavy (non-hydrogen) atoms. The Kier molecular flexibility index (Phi) is 2.73. The summed E-state index contributed by atoms with van der Waals surface area (Å²) in [5.74, 6) is -1.18. The van der Waals surface area contributed by atoms with Gasteiger partial charge in [0.1, 0.15) is 12.9 Å². The smallest absolute Gasteiger partial charge is 0.338 e. The Balaban J connectivity index is 1.88. The second-order valence-corrected chi connectivity index (χ2v) is 3.92. The number of hydrogen-bond acceptors (Lipinski definition) is 3. The van der Waals surface area contributed by atoms with Crippen LogP contribution in [-0.4, -0.2) is 24.5 Å². The fourth-order valence-electron chi connectivity index (χ4n) is 1.49. The second-order valence-electron chi connectivity index (χ2n) is 3.92. The van der Waals surface area contributed by atoms with Crippen molar-refractivity contribution in [2.24, 2.45) is 5.92 Å². The van der Waals surface area contributed by atoms with E-state index in [1.54, 1.807) is 30.3 Å². The molecular weight excluding hydrogens is 211 g/mol. The van der Waals surface area contributed by atoms with E-state index in [0.717, 1.165) is 0 Å². The molecule has 1 saturated carbocycles. The van der Waals surface area contributed by atoms with Crippen molar-refractivity contribution in [2.75, 3.05) is 6.61 Å². The molecule has 1 fully saturated rings. The largest absolute Gasteiger partial charge is 0.459 e. The molecular formula is C12H11FO3. The minimum absolute atomic E-state index is 0.151. The summed E-state index contributed by atoms with van der Waals surface area (Å²) in [5, 5.41) is 0. The molecule has 0 aliphatic heterocycles. The molecule has 0 aromatic heterocycles. The van der Waals surface area contributed by atoms with Crippen LogP contribution in [-0.2, 0) is 9.53 Å². The van der Waals surface area contributed by atoms with Crippen LogP contribution < -0.4 is 0 Å². The van der Waals surface area contributed by atoms with Crippen LogP contribution in [0.5, 0.6) is 0 Å². The summed E-state index contributed by atoms with van der Waals surface area (Å²) in [4.78, 5) is 21.8. The quantitative estimate of drug-likeness (QED) is 0.576. The Hall–Kier alpha value is -1.71. The van der Waals surface area contributed by atoms with Gasteiger partial charge >= 0.3 is 5.97 Å². The molecule has 3 nitrogen and oxygen atoms in total. The lowest BCUT2D eigenvalue weighted by atomic mass is 10.2. The van der Waals surface area contributed by atoms with Crippen LogP contribution in [0.25, 0.3) is 0 Å². The summed E-state index contributed by atoms with van der Waals surface area (Å²) in [6, 6.07) is 8.37. The molecule has 2 atom stereocenters. The number of ether oxygens (including phenoxy) is 1. The van der Waals surface area contributed by atoms with Gasteiger partial charge < -0.3 is 9.53 Å². The lowest BCUT2D eigenvalue weighted by molar-refractivity contribution is -0.110. The van der Waals surface area contributed by atoms with Crippen LogP contribution >= 0.6 is 0 Å². The third-order valence-corrected chi connectivity index (χ3v) is 2.68. The van der Waals surface area contributed by atoms with E-state index in [9.17, 15) is 14.0 Å². The highest BCUT2D eigenvalue weighted by molar-refractivity contribution is 5.89. The Labute approximate surface area is 92.2 Å². The zero-order valence-corrected chi connectivity index (χ0v) is 8.56. The molecule has 0 bridgehead atoms. The standard InChI is InChI=1S/C12H11FO3/c13-12(6-10(12)7-14)8-16-11(15)9-4-2-1-3-5-9/h1-5,7,10H,6,8H2/t10-,12+/m1/s1. The summed E-state index contributed by atoms with van der Waals surface area (Å²) in [6.45, 7) is -0.343. The topological polar surface area (TPSA) is 43.4 Å². The third-order valence-electron chi connectivity index (χ3n) is 2.68. The molecule has 0 unspecified atom stereocenters. The van der Waals surface area contributed by atoms with Gasteiger partial charge in [0.25, 0.3) is 0 Å². The van der Waals surface area contributed by atoms with Crippen molar-refractivity contribution < 1.29 is 18.7 Å². The number of rotatable bonds is 4. The lowest BCUT2D eigenvalue weighted by Crippen LogP contribution is -2.18. The van der Waals surface area contributed by atoms with Crippen molar-refractivity contribution in [2.45, 2.75) is 12.1 Å². The van der Waals surface area contributed by atoms with E-state index >= 15 is 0 Å². The minimum Gasteiger partial charge on any atom is -0.459 e. The second kappa shape index (κ2) is 4.04. The van der Waals surface area contributed by atoms with Gasteiger partial charge in [0.05, 0.1) is 11.5 Å². The number of hydrogen-bond donors (Lipinski definition) is 0. The number of benzene rings is 1. The molecule has 1 aliphatic rings. The van der Waals surface area contributed by atoms with Gasteiger partial charge in [0, 0.05) is 0 Å². The van der Waals surface area contributed by atoms with Crippen LogP contribution in [0.3, 0.4) is 0 Å². The maximum Gasteiger partial charge on any atom is 0.338 e. The first kappa shape index (κ1) is 10.8. The van der Waals surface area contributed by atoms with Crippen LogP contribution in [0.2, 0.25) is 0 Å². The van der Waals surface area contributed by atoms with Gasteiger partial charge in [-0.1, -0.05) is 18.2 Å². The summed E-state index contributed by atoms with van der Waals surface area (Å²) in [6.07, 6.45) is 0.717. The molecule has 4 heteroatoms. The molecule has 0 heterocycles. The number of carbonyl (C=O) groups excluding carboxylic acids is 2. The first-order valence-corrected chi connectivity index (χ1v) is 5.02. The van der Waals surface area contributed by atoms with Crippen molar-refractivity contribution in [1.82, 2.24) is 0 Å². The van der Waals surface area contributed by atoms with E-state index in [0.29, 0.717) is 11.8 Å². The van der Waals surface area contributed by atoms with E-state index in [1.165, 1.54) is 0 Å². The molecule has 0 saturated heterocycles. The van der Waals surface area contributed by atoms with Gasteiger partial charge in [0.2, 0.25) is 0 Å². The van der Waals surface area contributed by atoms with E-state index in [-0.39, 0.29) is 13.0 Å². The highest BCUT2D eigenvalue weighted by Gasteiger charge is 2.56. The average molecular weight is 222 g/mol. The van der Waals surface area contributed by atoms with Crippen molar-refractivity contribution in [1.29, 1.82) is 0 Å². The maximum atomic E-state index is 13.5. The third kappa shape index (κ3) is 2.10. The number of carbonyl (C=O) groups is 2. The summed E-state index contributed by atoms with van der Waals surface area (Å²) >= 11 is 0. The van der Waals surface area contributed by atoms with Crippen molar-refractivity contribution in [3.8, 4) is 0 Å². The summed E-state index contributed by atoms with van der Waals surface area (Å²) in [5.41, 5.74) is -1.25. The molecule has 0 radical (unpaired) electrons. The Bertz CT molecular complexity index is 404. The molecule has 0 spiro atoms. The van der Waals surface area contributed by atoms with E-state index in [2.05, 4.69) is 0 Å². The van der Waals surface area contributed by atoms with E-state index in [1.807, 2.05) is 0 Å². The average Bonchev–Trinajstić information content (AvgIpc) is 2.99. The van der Waals surface area contributed by atoms with Crippen molar-refractivity contribution in [3.05, 3.63) is 35.9 Å². The number of halogens is 1. The zero-order valence-electron chi connectivity index (χ0n) is 8.56. The zero-order chi connectivity index (χ0) is 11.6. The fourth-order valence-corrected chi connectivity index (χ4v) is 1.49. The van der Waals surface area contributed by atoms with Crippen LogP contribution in [0.1, 0.15) is 16.8 Å². The van der Waals surface area contributed by atoms with Gasteiger partial charge in [0.15, 0.2) is 5.67 Å². The molecule has 0 N–H and O–H groups in total. The van der Waals surface area contributed by atoms with Crippen LogP contribution in [0.15, 0.2) is 30.3 Å². The predicted octanol–water partition coefficient (Wildman–Crippen LogP) is 1.77. The Morgan fingerprint density at radius 1 is 1.50 bits per heavy atom. The van der Waals surface area contributed by atoms with E-state index in [4.69, 9.17) is 4.74 Å². The van der Waals surface area contributed by atoms with Gasteiger partial charge in [-0.2, -0.15) is 0 Å². The highest BCUT2D eigenvalue weighted by atomic mass is 19.1. The van der Waals surface area contributed by atoms with Crippen LogP contribution in [0, 0.1) is 5.92 Å². The fraction of sp³-hybridized carbons (Fsp3) is 0.333. The monoisotopic (exact) mass is 222 g/mol. The number of esters is 1. The lowest BCUT2D eigenvalue weighted by Gasteiger charge is -2.07. The van der Waals surface area contributed by atoms with Gasteiger partial charge in [-0.15, -0.1) is 0 Å². The van der Waals surface area contributed by atoms with Gasteiger partial charge in [-0.25, -0.2) is 9.18 Å². The first-order chi connectivity index (χ1) is 7.65. The van der Waals surface area contributed by atoms with Crippen molar-refractivity contribution in [3.63, 3.8) is 0 Å². The molecule has 0 amide bonds. The first-order valence-electron chi connectivity index (χ1n) is 5.02. The van der Waals surface area contributed by atoms with Crippen molar-refractivity contribution >= 4 is 12.3 Å². The summed E-state index contributed by atoms with van der Waals surface area (Å²) in [7, 11) is 0. The minimum atomic E-state index is -1.63. The molecule has 2 rings (SSSR count). The molecule has 1 aromatic rings. The Morgan fingerprint density at radius 3 is 2.75 bits per heavy atom. The SMILES string of the molecule is O=C[C@H]1C[C@]1(F)COC(=O)c1ccccc1. The van der Waals surface area contributed by atoms with Crippen LogP contribution in [0.4, 0.5) is 4.39 Å². The molecule has 1 aliphatic carbocycles. The molecule has 84 valence electrons. The van der Waals surface area contributed by atoms with Gasteiger partial charge in [-0.05, 0) is 18.6 Å². The van der Waals surface area contributed by atoms with Gasteiger partial charge in [-0.3, -0.25) is 0 Å².